The van der Waals surface area contributed by atoms with Gasteiger partial charge in [0.05, 0.1) is 14.8 Å². The predicted molar refractivity (Wildman–Crippen MR) is 93.5 cm³/mol. The van der Waals surface area contributed by atoms with Crippen molar-refractivity contribution in [1.82, 2.24) is 0 Å². The Morgan fingerprint density at radius 3 is 2.75 bits per heavy atom. The summed E-state index contributed by atoms with van der Waals surface area (Å²) in [4.78, 5) is 22.8. The van der Waals surface area contributed by atoms with E-state index in [0.29, 0.717) is 22.0 Å². The number of furan rings is 1. The zero-order chi connectivity index (χ0) is 17.1. The maximum atomic E-state index is 11.9. The van der Waals surface area contributed by atoms with Gasteiger partial charge in [0.25, 0.3) is 5.69 Å². The van der Waals surface area contributed by atoms with Crippen LogP contribution in [-0.4, -0.2) is 10.7 Å². The van der Waals surface area contributed by atoms with Crippen molar-refractivity contribution in [2.75, 3.05) is 0 Å². The maximum Gasteiger partial charge on any atom is 0.270 e. The second-order valence-electron chi connectivity index (χ2n) is 4.80. The van der Waals surface area contributed by atoms with E-state index in [0.717, 1.165) is 0 Å². The highest BCUT2D eigenvalue weighted by Crippen LogP contribution is 2.32. The molecule has 0 aliphatic heterocycles. The number of allylic oxidation sites excluding steroid dienone is 1. The van der Waals surface area contributed by atoms with Crippen LogP contribution in [0.4, 0.5) is 5.69 Å². The lowest BCUT2D eigenvalue weighted by Gasteiger charge is -2.00. The standard InChI is InChI=1S/C17H10ClNO4S/c18-14-10-11(19(21)22)3-6-13(14)16-8-5-12(23-16)4-7-15(20)17-2-1-9-24-17/h1-10H. The van der Waals surface area contributed by atoms with Gasteiger partial charge in [-0.25, -0.2) is 0 Å². The number of halogens is 1. The molecule has 0 saturated heterocycles. The molecule has 0 aliphatic rings. The summed E-state index contributed by atoms with van der Waals surface area (Å²) in [6, 6.07) is 11.1. The number of non-ortho nitro benzene ring substituents is 1. The number of rotatable bonds is 5. The number of thiophene rings is 1. The SMILES string of the molecule is O=C(C=Cc1ccc(-c2ccc([N+](=O)[O-])cc2Cl)o1)c1cccs1. The lowest BCUT2D eigenvalue weighted by Crippen LogP contribution is -1.88. The number of carbonyl (C=O) groups excluding carboxylic acids is 1. The van der Waals surface area contributed by atoms with Crippen molar-refractivity contribution in [3.05, 3.63) is 79.7 Å². The average Bonchev–Trinajstić information content (AvgIpc) is 3.24. The van der Waals surface area contributed by atoms with Gasteiger partial charge in [-0.3, -0.25) is 14.9 Å². The third-order valence-electron chi connectivity index (χ3n) is 3.22. The number of nitro benzene ring substituents is 1. The topological polar surface area (TPSA) is 73.3 Å². The van der Waals surface area contributed by atoms with Crippen LogP contribution in [0.25, 0.3) is 17.4 Å². The van der Waals surface area contributed by atoms with Crippen LogP contribution in [0, 0.1) is 10.1 Å². The molecule has 0 N–H and O–H groups in total. The lowest BCUT2D eigenvalue weighted by molar-refractivity contribution is -0.384. The summed E-state index contributed by atoms with van der Waals surface area (Å²) in [7, 11) is 0. The summed E-state index contributed by atoms with van der Waals surface area (Å²) >= 11 is 7.45. The fourth-order valence-corrected chi connectivity index (χ4v) is 2.98. The molecular weight excluding hydrogens is 350 g/mol. The fourth-order valence-electron chi connectivity index (χ4n) is 2.06. The molecule has 2 aromatic heterocycles. The van der Waals surface area contributed by atoms with Crippen LogP contribution < -0.4 is 0 Å². The highest BCUT2D eigenvalue weighted by atomic mass is 35.5. The number of benzene rings is 1. The molecule has 0 radical (unpaired) electrons. The minimum Gasteiger partial charge on any atom is -0.457 e. The van der Waals surface area contributed by atoms with Crippen LogP contribution >= 0.6 is 22.9 Å². The molecule has 0 unspecified atom stereocenters. The number of hydrogen-bond acceptors (Lipinski definition) is 5. The van der Waals surface area contributed by atoms with Gasteiger partial charge in [-0.2, -0.15) is 0 Å². The third kappa shape index (κ3) is 3.45. The summed E-state index contributed by atoms with van der Waals surface area (Å²) < 4.78 is 5.63. The van der Waals surface area contributed by atoms with Gasteiger partial charge in [-0.05, 0) is 41.8 Å². The van der Waals surface area contributed by atoms with E-state index in [4.69, 9.17) is 16.0 Å². The smallest absolute Gasteiger partial charge is 0.270 e. The number of carbonyl (C=O) groups is 1. The molecule has 0 bridgehead atoms. The Hall–Kier alpha value is -2.70. The minimum absolute atomic E-state index is 0.0861. The van der Waals surface area contributed by atoms with Gasteiger partial charge in [-0.1, -0.05) is 17.7 Å². The molecule has 120 valence electrons. The van der Waals surface area contributed by atoms with Crippen molar-refractivity contribution in [1.29, 1.82) is 0 Å². The van der Waals surface area contributed by atoms with Crippen LogP contribution in [0.3, 0.4) is 0 Å². The Bertz CT molecular complexity index is 928. The maximum absolute atomic E-state index is 11.9. The Balaban J connectivity index is 1.81. The second-order valence-corrected chi connectivity index (χ2v) is 6.15. The molecule has 0 amide bonds. The van der Waals surface area contributed by atoms with E-state index in [1.165, 1.54) is 35.6 Å². The normalized spacial score (nSPS) is 11.0. The summed E-state index contributed by atoms with van der Waals surface area (Å²) in [5.41, 5.74) is 0.462. The monoisotopic (exact) mass is 359 g/mol. The molecule has 7 heteroatoms. The summed E-state index contributed by atoms with van der Waals surface area (Å²) in [6.45, 7) is 0. The average molecular weight is 360 g/mol. The number of hydrogen-bond donors (Lipinski definition) is 0. The number of nitro groups is 1. The summed E-state index contributed by atoms with van der Waals surface area (Å²) in [5, 5.41) is 12.8. The first kappa shape index (κ1) is 16.2. The zero-order valence-electron chi connectivity index (χ0n) is 12.1. The molecule has 3 aromatic rings. The van der Waals surface area contributed by atoms with E-state index in [2.05, 4.69) is 0 Å². The van der Waals surface area contributed by atoms with Gasteiger partial charge in [0.2, 0.25) is 0 Å². The molecule has 0 aliphatic carbocycles. The fraction of sp³-hybridized carbons (Fsp3) is 0. The van der Waals surface area contributed by atoms with Crippen LogP contribution in [0.15, 0.2) is 58.3 Å². The molecule has 0 atom stereocenters. The van der Waals surface area contributed by atoms with E-state index in [1.54, 1.807) is 24.3 Å². The minimum atomic E-state index is -0.512. The lowest BCUT2D eigenvalue weighted by atomic mass is 10.1. The van der Waals surface area contributed by atoms with Crippen LogP contribution in [0.1, 0.15) is 15.4 Å². The third-order valence-corrected chi connectivity index (χ3v) is 4.42. The van der Waals surface area contributed by atoms with Crippen LogP contribution in [0.5, 0.6) is 0 Å². The molecule has 0 spiro atoms. The van der Waals surface area contributed by atoms with Gasteiger partial charge in [-0.15, -0.1) is 11.3 Å². The Labute approximate surface area is 146 Å². The second kappa shape index (κ2) is 6.82. The molecule has 1 aromatic carbocycles. The van der Waals surface area contributed by atoms with Gasteiger partial charge in [0.15, 0.2) is 5.78 Å². The first-order valence-corrected chi connectivity index (χ1v) is 8.10. The summed E-state index contributed by atoms with van der Waals surface area (Å²) in [5.74, 6) is 0.860. The summed E-state index contributed by atoms with van der Waals surface area (Å²) in [6.07, 6.45) is 3.01. The molecule has 0 fully saturated rings. The van der Waals surface area contributed by atoms with Crippen LogP contribution in [-0.2, 0) is 0 Å². The molecule has 2 heterocycles. The Morgan fingerprint density at radius 2 is 2.08 bits per heavy atom. The van der Waals surface area contributed by atoms with E-state index in [1.807, 2.05) is 11.4 Å². The van der Waals surface area contributed by atoms with E-state index in [9.17, 15) is 14.9 Å². The predicted octanol–water partition coefficient (Wildman–Crippen LogP) is 5.47. The number of ketones is 1. The molecule has 5 nitrogen and oxygen atoms in total. The highest BCUT2D eigenvalue weighted by Gasteiger charge is 2.13. The first-order chi connectivity index (χ1) is 11.5. The Kier molecular flexibility index (Phi) is 4.59. The van der Waals surface area contributed by atoms with Crippen molar-refractivity contribution in [2.45, 2.75) is 0 Å². The van der Waals surface area contributed by atoms with E-state index < -0.39 is 4.92 Å². The van der Waals surface area contributed by atoms with Crippen molar-refractivity contribution < 1.29 is 14.1 Å². The molecule has 0 saturated carbocycles. The van der Waals surface area contributed by atoms with E-state index in [-0.39, 0.29) is 16.5 Å². The van der Waals surface area contributed by atoms with Crippen LogP contribution in [0.2, 0.25) is 5.02 Å². The van der Waals surface area contributed by atoms with Crippen molar-refractivity contribution >= 4 is 40.5 Å². The van der Waals surface area contributed by atoms with Gasteiger partial charge in [0.1, 0.15) is 11.5 Å². The van der Waals surface area contributed by atoms with Gasteiger partial charge < -0.3 is 4.42 Å². The van der Waals surface area contributed by atoms with Crippen molar-refractivity contribution in [3.63, 3.8) is 0 Å². The number of nitrogens with zero attached hydrogens (tertiary/aromatic N) is 1. The Morgan fingerprint density at radius 1 is 1.25 bits per heavy atom. The molecule has 3 rings (SSSR count). The van der Waals surface area contributed by atoms with Gasteiger partial charge >= 0.3 is 0 Å². The zero-order valence-corrected chi connectivity index (χ0v) is 13.7. The van der Waals surface area contributed by atoms with Crippen molar-refractivity contribution in [3.8, 4) is 11.3 Å². The van der Waals surface area contributed by atoms with Crippen molar-refractivity contribution in [2.24, 2.45) is 0 Å². The quantitative estimate of drug-likeness (QED) is 0.262. The largest absolute Gasteiger partial charge is 0.457 e. The molecule has 24 heavy (non-hydrogen) atoms. The van der Waals surface area contributed by atoms with Gasteiger partial charge in [0, 0.05) is 17.7 Å². The van der Waals surface area contributed by atoms with E-state index >= 15 is 0 Å². The highest BCUT2D eigenvalue weighted by molar-refractivity contribution is 7.12. The molecular formula is C17H10ClNO4S. The first-order valence-electron chi connectivity index (χ1n) is 6.84.